The smallest absolute Gasteiger partial charge is 0.101 e. The summed E-state index contributed by atoms with van der Waals surface area (Å²) in [6.45, 7) is 4.95. The van der Waals surface area contributed by atoms with Crippen LogP contribution >= 0.6 is 23.2 Å². The van der Waals surface area contributed by atoms with Crippen LogP contribution in [0.3, 0.4) is 0 Å². The van der Waals surface area contributed by atoms with Gasteiger partial charge in [0.2, 0.25) is 0 Å². The van der Waals surface area contributed by atoms with Crippen LogP contribution in [0, 0.1) is 0 Å². The van der Waals surface area contributed by atoms with Gasteiger partial charge in [0.25, 0.3) is 0 Å². The Hall–Kier alpha value is -0.280. The summed E-state index contributed by atoms with van der Waals surface area (Å²) in [5.41, 5.74) is -0.351. The van der Waals surface area contributed by atoms with Crippen molar-refractivity contribution < 1.29 is 5.11 Å². The Labute approximate surface area is 100 Å². The highest BCUT2D eigenvalue weighted by Crippen LogP contribution is 2.32. The van der Waals surface area contributed by atoms with Crippen molar-refractivity contribution in [3.63, 3.8) is 0 Å². The van der Waals surface area contributed by atoms with Crippen LogP contribution < -0.4 is 5.32 Å². The van der Waals surface area contributed by atoms with Crippen molar-refractivity contribution in [1.29, 1.82) is 0 Å². The Kier molecular flexibility index (Phi) is 4.41. The standard InChI is InChI=1S/C11H15Cl2NO/c1-3-14-7-11(2,15)8-5-4-6-9(12)10(8)13/h4-6,14-15H,3,7H2,1-2H3. The van der Waals surface area contributed by atoms with E-state index in [2.05, 4.69) is 5.32 Å². The third kappa shape index (κ3) is 3.08. The van der Waals surface area contributed by atoms with E-state index in [0.717, 1.165) is 6.54 Å². The zero-order valence-electron chi connectivity index (χ0n) is 8.85. The largest absolute Gasteiger partial charge is 0.384 e. The van der Waals surface area contributed by atoms with Gasteiger partial charge in [-0.2, -0.15) is 0 Å². The zero-order valence-corrected chi connectivity index (χ0v) is 10.4. The summed E-state index contributed by atoms with van der Waals surface area (Å²) in [6, 6.07) is 5.27. The lowest BCUT2D eigenvalue weighted by Crippen LogP contribution is -2.35. The van der Waals surface area contributed by atoms with Crippen molar-refractivity contribution >= 4 is 23.2 Å². The predicted octanol–water partition coefficient (Wildman–Crippen LogP) is 2.81. The molecule has 1 rings (SSSR count). The van der Waals surface area contributed by atoms with Gasteiger partial charge < -0.3 is 10.4 Å². The average molecular weight is 248 g/mol. The number of rotatable bonds is 4. The topological polar surface area (TPSA) is 32.3 Å². The Balaban J connectivity index is 2.98. The maximum atomic E-state index is 10.2. The maximum Gasteiger partial charge on any atom is 0.101 e. The van der Waals surface area contributed by atoms with Crippen LogP contribution in [-0.2, 0) is 5.60 Å². The number of benzene rings is 1. The molecule has 0 heterocycles. The quantitative estimate of drug-likeness (QED) is 0.858. The summed E-state index contributed by atoms with van der Waals surface area (Å²) < 4.78 is 0. The summed E-state index contributed by atoms with van der Waals surface area (Å²) in [6.07, 6.45) is 0. The normalized spacial score (nSPS) is 15.0. The van der Waals surface area contributed by atoms with E-state index in [1.807, 2.05) is 6.92 Å². The minimum Gasteiger partial charge on any atom is -0.384 e. The monoisotopic (exact) mass is 247 g/mol. The lowest BCUT2D eigenvalue weighted by molar-refractivity contribution is 0.0577. The number of aliphatic hydroxyl groups is 1. The highest BCUT2D eigenvalue weighted by atomic mass is 35.5. The number of likely N-dealkylation sites (N-methyl/N-ethyl adjacent to an activating group) is 1. The second-order valence-electron chi connectivity index (χ2n) is 3.66. The third-order valence-electron chi connectivity index (χ3n) is 2.25. The Morgan fingerprint density at radius 3 is 2.67 bits per heavy atom. The Morgan fingerprint density at radius 2 is 2.07 bits per heavy atom. The number of nitrogens with one attached hydrogen (secondary N) is 1. The minimum absolute atomic E-state index is 0.419. The minimum atomic E-state index is -1.00. The first-order chi connectivity index (χ1) is 6.99. The van der Waals surface area contributed by atoms with E-state index in [-0.39, 0.29) is 0 Å². The molecular formula is C11H15Cl2NO. The molecule has 0 amide bonds. The van der Waals surface area contributed by atoms with Crippen molar-refractivity contribution in [2.24, 2.45) is 0 Å². The maximum absolute atomic E-state index is 10.2. The number of halogens is 2. The van der Waals surface area contributed by atoms with Gasteiger partial charge in [-0.05, 0) is 19.5 Å². The van der Waals surface area contributed by atoms with Gasteiger partial charge in [0.1, 0.15) is 5.60 Å². The molecular weight excluding hydrogens is 233 g/mol. The molecule has 1 atom stereocenters. The molecule has 0 aliphatic heterocycles. The van der Waals surface area contributed by atoms with E-state index < -0.39 is 5.60 Å². The first-order valence-corrected chi connectivity index (χ1v) is 5.62. The summed E-state index contributed by atoms with van der Waals surface area (Å²) >= 11 is 11.9. The van der Waals surface area contributed by atoms with E-state index in [0.29, 0.717) is 22.2 Å². The first-order valence-electron chi connectivity index (χ1n) is 4.86. The van der Waals surface area contributed by atoms with Crippen LogP contribution in [0.5, 0.6) is 0 Å². The van der Waals surface area contributed by atoms with Crippen molar-refractivity contribution in [2.75, 3.05) is 13.1 Å². The van der Waals surface area contributed by atoms with Gasteiger partial charge in [-0.1, -0.05) is 42.3 Å². The van der Waals surface area contributed by atoms with Crippen molar-refractivity contribution in [3.05, 3.63) is 33.8 Å². The van der Waals surface area contributed by atoms with E-state index >= 15 is 0 Å². The second-order valence-corrected chi connectivity index (χ2v) is 4.44. The van der Waals surface area contributed by atoms with E-state index in [4.69, 9.17) is 23.2 Å². The third-order valence-corrected chi connectivity index (χ3v) is 3.07. The summed E-state index contributed by atoms with van der Waals surface area (Å²) in [5, 5.41) is 14.2. The molecule has 2 N–H and O–H groups in total. The van der Waals surface area contributed by atoms with E-state index in [9.17, 15) is 5.11 Å². The van der Waals surface area contributed by atoms with Crippen molar-refractivity contribution in [3.8, 4) is 0 Å². The first kappa shape index (κ1) is 12.8. The van der Waals surface area contributed by atoms with Gasteiger partial charge in [0.05, 0.1) is 10.0 Å². The van der Waals surface area contributed by atoms with E-state index in [1.165, 1.54) is 0 Å². The molecule has 0 aromatic heterocycles. The van der Waals surface area contributed by atoms with Crippen LogP contribution in [0.4, 0.5) is 0 Å². The molecule has 0 saturated carbocycles. The molecule has 84 valence electrons. The molecule has 1 aromatic carbocycles. The van der Waals surface area contributed by atoms with Crippen LogP contribution in [0.25, 0.3) is 0 Å². The molecule has 0 bridgehead atoms. The second kappa shape index (κ2) is 5.17. The van der Waals surface area contributed by atoms with Crippen molar-refractivity contribution in [2.45, 2.75) is 19.4 Å². The molecule has 0 aliphatic rings. The van der Waals surface area contributed by atoms with Gasteiger partial charge in [0, 0.05) is 12.1 Å². The van der Waals surface area contributed by atoms with Gasteiger partial charge >= 0.3 is 0 Å². The Morgan fingerprint density at radius 1 is 1.40 bits per heavy atom. The molecule has 2 nitrogen and oxygen atoms in total. The molecule has 1 unspecified atom stereocenters. The predicted molar refractivity (Wildman–Crippen MR) is 64.6 cm³/mol. The molecule has 15 heavy (non-hydrogen) atoms. The van der Waals surface area contributed by atoms with Crippen LogP contribution in [-0.4, -0.2) is 18.2 Å². The zero-order chi connectivity index (χ0) is 11.5. The average Bonchev–Trinajstić information content (AvgIpc) is 2.19. The van der Waals surface area contributed by atoms with E-state index in [1.54, 1.807) is 25.1 Å². The summed E-state index contributed by atoms with van der Waals surface area (Å²) in [7, 11) is 0. The van der Waals surface area contributed by atoms with Crippen molar-refractivity contribution in [1.82, 2.24) is 5.32 Å². The molecule has 1 aromatic rings. The van der Waals surface area contributed by atoms with Gasteiger partial charge in [0.15, 0.2) is 0 Å². The lowest BCUT2D eigenvalue weighted by Gasteiger charge is -2.25. The number of hydrogen-bond donors (Lipinski definition) is 2. The molecule has 4 heteroatoms. The molecule has 0 fully saturated rings. The van der Waals surface area contributed by atoms with Crippen LogP contribution in [0.2, 0.25) is 10.0 Å². The SMILES string of the molecule is CCNCC(C)(O)c1cccc(Cl)c1Cl. The lowest BCUT2D eigenvalue weighted by atomic mass is 9.96. The summed E-state index contributed by atoms with van der Waals surface area (Å²) in [4.78, 5) is 0. The van der Waals surface area contributed by atoms with Gasteiger partial charge in [-0.25, -0.2) is 0 Å². The molecule has 0 saturated heterocycles. The fourth-order valence-electron chi connectivity index (χ4n) is 1.38. The highest BCUT2D eigenvalue weighted by molar-refractivity contribution is 6.42. The molecule has 0 aliphatic carbocycles. The van der Waals surface area contributed by atoms with Crippen LogP contribution in [0.1, 0.15) is 19.4 Å². The van der Waals surface area contributed by atoms with Crippen LogP contribution in [0.15, 0.2) is 18.2 Å². The highest BCUT2D eigenvalue weighted by Gasteiger charge is 2.25. The fraction of sp³-hybridized carbons (Fsp3) is 0.455. The molecule has 0 spiro atoms. The van der Waals surface area contributed by atoms with Gasteiger partial charge in [-0.15, -0.1) is 0 Å². The number of hydrogen-bond acceptors (Lipinski definition) is 2. The Bertz CT molecular complexity index is 339. The van der Waals surface area contributed by atoms with Gasteiger partial charge in [-0.3, -0.25) is 0 Å². The molecule has 0 radical (unpaired) electrons. The summed E-state index contributed by atoms with van der Waals surface area (Å²) in [5.74, 6) is 0. The fourth-order valence-corrected chi connectivity index (χ4v) is 1.89.